The van der Waals surface area contributed by atoms with Crippen LogP contribution in [0.15, 0.2) is 16.7 Å². The van der Waals surface area contributed by atoms with Crippen LogP contribution in [0.4, 0.5) is 5.82 Å². The Labute approximate surface area is 106 Å². The van der Waals surface area contributed by atoms with Crippen molar-refractivity contribution in [3.63, 3.8) is 0 Å². The first-order valence-electron chi connectivity index (χ1n) is 4.86. The van der Waals surface area contributed by atoms with Gasteiger partial charge in [0, 0.05) is 19.3 Å². The highest BCUT2D eigenvalue weighted by atomic mass is 79.9. The lowest BCUT2D eigenvalue weighted by Gasteiger charge is -2.18. The van der Waals surface area contributed by atoms with Crippen molar-refractivity contribution in [3.8, 4) is 0 Å². The molecule has 0 aromatic carbocycles. The van der Waals surface area contributed by atoms with Crippen LogP contribution in [0.5, 0.6) is 0 Å². The van der Waals surface area contributed by atoms with Crippen molar-refractivity contribution in [3.05, 3.63) is 21.8 Å². The van der Waals surface area contributed by atoms with E-state index in [9.17, 15) is 4.79 Å². The van der Waals surface area contributed by atoms with Crippen LogP contribution in [-0.4, -0.2) is 29.1 Å². The molecule has 1 unspecified atom stereocenters. The molecule has 0 bridgehead atoms. The van der Waals surface area contributed by atoms with E-state index in [1.54, 1.807) is 12.3 Å². The number of aliphatic carboxylic acids is 1. The third-order valence-corrected chi connectivity index (χ3v) is 3.42. The number of aromatic nitrogens is 1. The molecule has 0 saturated carbocycles. The number of rotatable bonds is 2. The van der Waals surface area contributed by atoms with Crippen molar-refractivity contribution in [2.75, 3.05) is 18.0 Å². The Hall–Kier alpha value is -0.810. The summed E-state index contributed by atoms with van der Waals surface area (Å²) < 4.78 is 0.797. The minimum Gasteiger partial charge on any atom is -0.481 e. The Balaban J connectivity index is 2.17. The molecule has 1 aliphatic heterocycles. The summed E-state index contributed by atoms with van der Waals surface area (Å²) in [5.41, 5.74) is 0. The molecule has 1 fully saturated rings. The molecule has 1 aliphatic rings. The lowest BCUT2D eigenvalue weighted by atomic mass is 10.1. The fraction of sp³-hybridized carbons (Fsp3) is 0.400. The Morgan fingerprint density at radius 1 is 1.69 bits per heavy atom. The second-order valence-corrected chi connectivity index (χ2v) is 5.02. The van der Waals surface area contributed by atoms with E-state index in [-0.39, 0.29) is 5.92 Å². The van der Waals surface area contributed by atoms with Crippen molar-refractivity contribution < 1.29 is 9.90 Å². The molecule has 4 nitrogen and oxygen atoms in total. The molecule has 86 valence electrons. The van der Waals surface area contributed by atoms with Gasteiger partial charge in [-0.2, -0.15) is 0 Å². The molecule has 0 radical (unpaired) electrons. The monoisotopic (exact) mass is 304 g/mol. The summed E-state index contributed by atoms with van der Waals surface area (Å²) in [6, 6.07) is 1.76. The van der Waals surface area contributed by atoms with E-state index < -0.39 is 5.97 Å². The third kappa shape index (κ3) is 2.30. The summed E-state index contributed by atoms with van der Waals surface area (Å²) >= 11 is 9.18. The quantitative estimate of drug-likeness (QED) is 0.911. The van der Waals surface area contributed by atoms with Gasteiger partial charge in [0.2, 0.25) is 0 Å². The highest BCUT2D eigenvalue weighted by Crippen LogP contribution is 2.30. The molecule has 1 saturated heterocycles. The summed E-state index contributed by atoms with van der Waals surface area (Å²) in [6.07, 6.45) is 2.22. The summed E-state index contributed by atoms with van der Waals surface area (Å²) in [7, 11) is 0. The van der Waals surface area contributed by atoms with Gasteiger partial charge in [0.15, 0.2) is 0 Å². The molecular weight excluding hydrogens is 295 g/mol. The number of halogens is 2. The van der Waals surface area contributed by atoms with Crippen LogP contribution in [0, 0.1) is 5.92 Å². The molecule has 1 atom stereocenters. The van der Waals surface area contributed by atoms with Gasteiger partial charge in [-0.3, -0.25) is 4.79 Å². The fourth-order valence-electron chi connectivity index (χ4n) is 1.79. The number of carbonyl (C=O) groups is 1. The normalized spacial score (nSPS) is 20.1. The molecular formula is C10H10BrClN2O2. The van der Waals surface area contributed by atoms with E-state index >= 15 is 0 Å². The van der Waals surface area contributed by atoms with E-state index in [1.807, 2.05) is 4.90 Å². The van der Waals surface area contributed by atoms with Gasteiger partial charge in [-0.15, -0.1) is 0 Å². The second kappa shape index (κ2) is 4.59. The topological polar surface area (TPSA) is 53.4 Å². The van der Waals surface area contributed by atoms with Crippen LogP contribution in [-0.2, 0) is 4.79 Å². The van der Waals surface area contributed by atoms with E-state index in [4.69, 9.17) is 16.7 Å². The van der Waals surface area contributed by atoms with Crippen LogP contribution in [0.3, 0.4) is 0 Å². The Morgan fingerprint density at radius 3 is 3.00 bits per heavy atom. The largest absolute Gasteiger partial charge is 0.481 e. The Morgan fingerprint density at radius 2 is 2.44 bits per heavy atom. The maximum Gasteiger partial charge on any atom is 0.308 e. The van der Waals surface area contributed by atoms with E-state index in [2.05, 4.69) is 20.9 Å². The fourth-order valence-corrected chi connectivity index (χ4v) is 2.68. The number of nitrogens with zero attached hydrogens (tertiary/aromatic N) is 2. The zero-order valence-electron chi connectivity index (χ0n) is 8.36. The first-order chi connectivity index (χ1) is 7.58. The maximum absolute atomic E-state index is 10.8. The third-order valence-electron chi connectivity index (χ3n) is 2.63. The molecule has 6 heteroatoms. The van der Waals surface area contributed by atoms with Gasteiger partial charge in [0.1, 0.15) is 5.82 Å². The van der Waals surface area contributed by atoms with Gasteiger partial charge >= 0.3 is 5.97 Å². The molecule has 1 aromatic rings. The van der Waals surface area contributed by atoms with Crippen LogP contribution >= 0.6 is 27.5 Å². The average Bonchev–Trinajstić information content (AvgIpc) is 2.66. The predicted octanol–water partition coefficient (Wildman–Crippen LogP) is 2.41. The molecule has 0 amide bonds. The second-order valence-electron chi connectivity index (χ2n) is 3.73. The number of pyridine rings is 1. The standard InChI is InChI=1S/C10H10BrClN2O2/c11-8-3-7(12)4-13-9(8)14-2-1-6(5-14)10(15)16/h3-4,6H,1-2,5H2,(H,15,16). The van der Waals surface area contributed by atoms with Gasteiger partial charge in [-0.1, -0.05) is 11.6 Å². The average molecular weight is 306 g/mol. The van der Waals surface area contributed by atoms with Gasteiger partial charge in [0.05, 0.1) is 15.4 Å². The van der Waals surface area contributed by atoms with E-state index in [0.29, 0.717) is 24.5 Å². The van der Waals surface area contributed by atoms with Gasteiger partial charge < -0.3 is 10.0 Å². The van der Waals surface area contributed by atoms with Gasteiger partial charge in [-0.05, 0) is 28.4 Å². The molecule has 0 aliphatic carbocycles. The van der Waals surface area contributed by atoms with Crippen LogP contribution in [0.2, 0.25) is 5.02 Å². The summed E-state index contributed by atoms with van der Waals surface area (Å²) in [4.78, 5) is 17.0. The van der Waals surface area contributed by atoms with E-state index in [1.165, 1.54) is 0 Å². The minimum atomic E-state index is -0.743. The van der Waals surface area contributed by atoms with Gasteiger partial charge in [0.25, 0.3) is 0 Å². The highest BCUT2D eigenvalue weighted by molar-refractivity contribution is 9.10. The van der Waals surface area contributed by atoms with Crippen molar-refractivity contribution in [1.29, 1.82) is 0 Å². The first-order valence-corrected chi connectivity index (χ1v) is 6.04. The van der Waals surface area contributed by atoms with Crippen LogP contribution in [0.25, 0.3) is 0 Å². The molecule has 16 heavy (non-hydrogen) atoms. The number of carboxylic acids is 1. The SMILES string of the molecule is O=C(O)C1CCN(c2ncc(Cl)cc2Br)C1. The van der Waals surface area contributed by atoms with Gasteiger partial charge in [-0.25, -0.2) is 4.98 Å². The number of anilines is 1. The Kier molecular flexibility index (Phi) is 3.35. The summed E-state index contributed by atoms with van der Waals surface area (Å²) in [5, 5.41) is 9.47. The highest BCUT2D eigenvalue weighted by Gasteiger charge is 2.29. The van der Waals surface area contributed by atoms with Crippen LogP contribution < -0.4 is 4.90 Å². The number of hydrogen-bond donors (Lipinski definition) is 1. The smallest absolute Gasteiger partial charge is 0.308 e. The molecule has 1 aromatic heterocycles. The lowest BCUT2D eigenvalue weighted by Crippen LogP contribution is -2.23. The summed E-state index contributed by atoms with van der Waals surface area (Å²) in [5.74, 6) is -0.287. The zero-order chi connectivity index (χ0) is 11.7. The molecule has 1 N–H and O–H groups in total. The number of hydrogen-bond acceptors (Lipinski definition) is 3. The van der Waals surface area contributed by atoms with Crippen molar-refractivity contribution in [2.45, 2.75) is 6.42 Å². The zero-order valence-corrected chi connectivity index (χ0v) is 10.7. The molecule has 0 spiro atoms. The Bertz CT molecular complexity index is 427. The van der Waals surface area contributed by atoms with Crippen molar-refractivity contribution >= 4 is 39.3 Å². The van der Waals surface area contributed by atoms with Crippen molar-refractivity contribution in [2.24, 2.45) is 5.92 Å². The number of carboxylic acid groups (broad SMARTS) is 1. The first kappa shape index (κ1) is 11.7. The maximum atomic E-state index is 10.8. The van der Waals surface area contributed by atoms with E-state index in [0.717, 1.165) is 10.3 Å². The minimum absolute atomic E-state index is 0.302. The van der Waals surface area contributed by atoms with Crippen LogP contribution in [0.1, 0.15) is 6.42 Å². The summed E-state index contributed by atoms with van der Waals surface area (Å²) in [6.45, 7) is 1.22. The predicted molar refractivity (Wildman–Crippen MR) is 64.9 cm³/mol. The molecule has 2 heterocycles. The van der Waals surface area contributed by atoms with Crippen molar-refractivity contribution in [1.82, 2.24) is 4.98 Å². The molecule has 2 rings (SSSR count). The lowest BCUT2D eigenvalue weighted by molar-refractivity contribution is -0.140.